The molecule has 13 heavy (non-hydrogen) atoms. The van der Waals surface area contributed by atoms with Gasteiger partial charge in [-0.05, 0) is 6.92 Å². The first kappa shape index (κ1) is 8.37. The Hall–Kier alpha value is -1.23. The van der Waals surface area contributed by atoms with Crippen LogP contribution in [0.3, 0.4) is 0 Å². The monoisotopic (exact) mass is 182 g/mol. The van der Waals surface area contributed by atoms with Crippen molar-refractivity contribution in [3.05, 3.63) is 17.8 Å². The number of hydrogen-bond donors (Lipinski definition) is 1. The molecule has 1 aliphatic rings. The maximum absolute atomic E-state index is 13.4. The average molecular weight is 182 g/mol. The van der Waals surface area contributed by atoms with Crippen LogP contribution in [0.25, 0.3) is 0 Å². The van der Waals surface area contributed by atoms with Gasteiger partial charge >= 0.3 is 0 Å². The number of nitrogens with two attached hydrogens (primary N) is 1. The highest BCUT2D eigenvalue weighted by Crippen LogP contribution is 2.21. The molecular formula is C8H11FN4. The fraction of sp³-hybridized carbons (Fsp3) is 0.500. The van der Waals surface area contributed by atoms with Crippen LogP contribution in [0.15, 0.2) is 6.33 Å². The summed E-state index contributed by atoms with van der Waals surface area (Å²) in [6.45, 7) is 2.97. The summed E-state index contributed by atoms with van der Waals surface area (Å²) < 4.78 is 13.4. The molecule has 1 saturated heterocycles. The van der Waals surface area contributed by atoms with Crippen LogP contribution in [0.1, 0.15) is 5.69 Å². The maximum atomic E-state index is 13.4. The molecule has 0 aromatic carbocycles. The molecule has 0 aliphatic carbocycles. The van der Waals surface area contributed by atoms with E-state index in [0.29, 0.717) is 24.6 Å². The normalized spacial score (nSPS) is 17.3. The summed E-state index contributed by atoms with van der Waals surface area (Å²) in [6.07, 6.45) is 1.37. The summed E-state index contributed by atoms with van der Waals surface area (Å²) in [7, 11) is 0. The van der Waals surface area contributed by atoms with Gasteiger partial charge < -0.3 is 10.6 Å². The highest BCUT2D eigenvalue weighted by atomic mass is 19.1. The van der Waals surface area contributed by atoms with Gasteiger partial charge in [-0.1, -0.05) is 0 Å². The van der Waals surface area contributed by atoms with Crippen LogP contribution in [0.4, 0.5) is 10.2 Å². The van der Waals surface area contributed by atoms with Crippen LogP contribution in [-0.2, 0) is 0 Å². The van der Waals surface area contributed by atoms with Crippen LogP contribution < -0.4 is 10.6 Å². The van der Waals surface area contributed by atoms with Gasteiger partial charge in [0.2, 0.25) is 0 Å². The van der Waals surface area contributed by atoms with Gasteiger partial charge in [0.1, 0.15) is 6.33 Å². The Balaban J connectivity index is 2.26. The lowest BCUT2D eigenvalue weighted by Gasteiger charge is -2.37. The minimum atomic E-state index is -0.339. The summed E-state index contributed by atoms with van der Waals surface area (Å²) in [5.74, 6) is 0.0311. The maximum Gasteiger partial charge on any atom is 0.186 e. The van der Waals surface area contributed by atoms with Crippen molar-refractivity contribution >= 4 is 5.82 Å². The molecule has 0 bridgehead atoms. The zero-order valence-corrected chi connectivity index (χ0v) is 7.37. The molecule has 1 fully saturated rings. The first-order chi connectivity index (χ1) is 6.18. The topological polar surface area (TPSA) is 55.0 Å². The second-order valence-electron chi connectivity index (χ2n) is 3.26. The summed E-state index contributed by atoms with van der Waals surface area (Å²) >= 11 is 0. The lowest BCUT2D eigenvalue weighted by atomic mass is 10.1. The van der Waals surface area contributed by atoms with E-state index in [2.05, 4.69) is 9.97 Å². The minimum absolute atomic E-state index is 0.148. The van der Waals surface area contributed by atoms with E-state index in [9.17, 15) is 4.39 Å². The number of nitrogens with zero attached hydrogens (tertiary/aromatic N) is 3. The van der Waals surface area contributed by atoms with Crippen molar-refractivity contribution in [2.45, 2.75) is 13.0 Å². The van der Waals surface area contributed by atoms with Gasteiger partial charge in [-0.25, -0.2) is 14.4 Å². The van der Waals surface area contributed by atoms with E-state index in [4.69, 9.17) is 5.73 Å². The van der Waals surface area contributed by atoms with Crippen molar-refractivity contribution in [2.75, 3.05) is 18.0 Å². The highest BCUT2D eigenvalue weighted by molar-refractivity contribution is 5.44. The quantitative estimate of drug-likeness (QED) is 0.667. The first-order valence-electron chi connectivity index (χ1n) is 4.16. The van der Waals surface area contributed by atoms with E-state index < -0.39 is 0 Å². The van der Waals surface area contributed by atoms with Crippen molar-refractivity contribution in [2.24, 2.45) is 5.73 Å². The molecule has 2 rings (SSSR count). The summed E-state index contributed by atoms with van der Waals surface area (Å²) in [5.41, 5.74) is 5.97. The molecule has 0 atom stereocenters. The number of rotatable bonds is 1. The van der Waals surface area contributed by atoms with Gasteiger partial charge in [0.05, 0.1) is 5.69 Å². The third-order valence-corrected chi connectivity index (χ3v) is 2.15. The fourth-order valence-electron chi connectivity index (χ4n) is 1.35. The summed E-state index contributed by atoms with van der Waals surface area (Å²) in [5, 5.41) is 0. The molecular weight excluding hydrogens is 171 g/mol. The lowest BCUT2D eigenvalue weighted by molar-refractivity contribution is 0.494. The van der Waals surface area contributed by atoms with Crippen molar-refractivity contribution < 1.29 is 4.39 Å². The van der Waals surface area contributed by atoms with Gasteiger partial charge in [0.25, 0.3) is 0 Å². The number of hydrogen-bond acceptors (Lipinski definition) is 4. The fourth-order valence-corrected chi connectivity index (χ4v) is 1.35. The molecule has 1 aromatic heterocycles. The SMILES string of the molecule is Cc1ncnc(N2CC(N)C2)c1F. The van der Waals surface area contributed by atoms with Crippen LogP contribution >= 0.6 is 0 Å². The molecule has 4 nitrogen and oxygen atoms in total. The number of aromatic nitrogens is 2. The summed E-state index contributed by atoms with van der Waals surface area (Å²) in [4.78, 5) is 9.45. The van der Waals surface area contributed by atoms with E-state index in [0.717, 1.165) is 0 Å². The molecule has 70 valence electrons. The Morgan fingerprint density at radius 3 is 2.85 bits per heavy atom. The Morgan fingerprint density at radius 2 is 2.23 bits per heavy atom. The van der Waals surface area contributed by atoms with Crippen LogP contribution in [-0.4, -0.2) is 29.1 Å². The van der Waals surface area contributed by atoms with Crippen LogP contribution in [0.2, 0.25) is 0 Å². The Bertz CT molecular complexity index is 322. The predicted molar refractivity (Wildman–Crippen MR) is 46.9 cm³/mol. The van der Waals surface area contributed by atoms with E-state index >= 15 is 0 Å². The van der Waals surface area contributed by atoms with Crippen molar-refractivity contribution in [3.63, 3.8) is 0 Å². The first-order valence-corrected chi connectivity index (χ1v) is 4.16. The van der Waals surface area contributed by atoms with Gasteiger partial charge in [-0.3, -0.25) is 0 Å². The van der Waals surface area contributed by atoms with Gasteiger partial charge in [-0.2, -0.15) is 0 Å². The molecule has 5 heteroatoms. The molecule has 0 radical (unpaired) electrons. The molecule has 0 saturated carbocycles. The largest absolute Gasteiger partial charge is 0.351 e. The second-order valence-corrected chi connectivity index (χ2v) is 3.26. The Morgan fingerprint density at radius 1 is 1.54 bits per heavy atom. The van der Waals surface area contributed by atoms with E-state index in [1.54, 1.807) is 6.92 Å². The zero-order chi connectivity index (χ0) is 9.42. The molecule has 2 heterocycles. The second kappa shape index (κ2) is 2.92. The van der Waals surface area contributed by atoms with Crippen molar-refractivity contribution in [3.8, 4) is 0 Å². The van der Waals surface area contributed by atoms with E-state index in [1.165, 1.54) is 6.33 Å². The molecule has 0 unspecified atom stereocenters. The molecule has 0 spiro atoms. The van der Waals surface area contributed by atoms with E-state index in [-0.39, 0.29) is 11.9 Å². The van der Waals surface area contributed by atoms with Crippen LogP contribution in [0, 0.1) is 12.7 Å². The third-order valence-electron chi connectivity index (χ3n) is 2.15. The molecule has 2 N–H and O–H groups in total. The predicted octanol–water partition coefficient (Wildman–Crippen LogP) is 0.0714. The lowest BCUT2D eigenvalue weighted by Crippen LogP contribution is -2.56. The molecule has 1 aromatic rings. The Labute approximate surface area is 75.6 Å². The number of anilines is 1. The minimum Gasteiger partial charge on any atom is -0.351 e. The van der Waals surface area contributed by atoms with Crippen molar-refractivity contribution in [1.29, 1.82) is 0 Å². The van der Waals surface area contributed by atoms with Crippen LogP contribution in [0.5, 0.6) is 0 Å². The Kier molecular flexibility index (Phi) is 1.88. The number of aryl methyl sites for hydroxylation is 1. The average Bonchev–Trinajstić information content (AvgIpc) is 2.05. The van der Waals surface area contributed by atoms with Gasteiger partial charge in [0, 0.05) is 19.1 Å². The molecule has 0 amide bonds. The van der Waals surface area contributed by atoms with Gasteiger partial charge in [-0.15, -0.1) is 0 Å². The zero-order valence-electron chi connectivity index (χ0n) is 7.37. The third kappa shape index (κ3) is 1.35. The van der Waals surface area contributed by atoms with Gasteiger partial charge in [0.15, 0.2) is 11.6 Å². The standard InChI is InChI=1S/C8H11FN4/c1-5-7(9)8(12-4-11-5)13-2-6(10)3-13/h4,6H,2-3,10H2,1H3. The number of halogens is 1. The van der Waals surface area contributed by atoms with Crippen molar-refractivity contribution in [1.82, 2.24) is 9.97 Å². The van der Waals surface area contributed by atoms with E-state index in [1.807, 2.05) is 4.90 Å². The highest BCUT2D eigenvalue weighted by Gasteiger charge is 2.27. The summed E-state index contributed by atoms with van der Waals surface area (Å²) in [6, 6.07) is 0.148. The molecule has 1 aliphatic heterocycles. The smallest absolute Gasteiger partial charge is 0.186 e.